The van der Waals surface area contributed by atoms with Gasteiger partial charge in [-0.2, -0.15) is 4.31 Å². The molecule has 0 N–H and O–H groups in total. The number of rotatable bonds is 6. The minimum absolute atomic E-state index is 0.0509. The van der Waals surface area contributed by atoms with Crippen LogP contribution in [-0.4, -0.2) is 40.6 Å². The molecular formula is C16H21N3O2S. The van der Waals surface area contributed by atoms with Gasteiger partial charge in [-0.15, -0.1) is 0 Å². The number of aromatic nitrogens is 2. The molecule has 0 aliphatic carbocycles. The van der Waals surface area contributed by atoms with Gasteiger partial charge in [-0.3, -0.25) is 0 Å². The monoisotopic (exact) mass is 319 g/mol. The van der Waals surface area contributed by atoms with Gasteiger partial charge in [0.25, 0.3) is 0 Å². The molecule has 1 aliphatic heterocycles. The average Bonchev–Trinajstić information content (AvgIpc) is 3.19. The number of sulfonamides is 1. The molecular weight excluding hydrogens is 298 g/mol. The lowest BCUT2D eigenvalue weighted by molar-refractivity contribution is 0.352. The molecule has 6 heteroatoms. The molecule has 1 aliphatic rings. The van der Waals surface area contributed by atoms with E-state index in [4.69, 9.17) is 0 Å². The molecule has 0 radical (unpaired) electrons. The van der Waals surface area contributed by atoms with E-state index in [-0.39, 0.29) is 11.8 Å². The Hall–Kier alpha value is -1.66. The van der Waals surface area contributed by atoms with Gasteiger partial charge in [-0.25, -0.2) is 13.4 Å². The molecule has 2 aromatic rings. The number of nitrogens with zero attached hydrogens (tertiary/aromatic N) is 3. The fraction of sp³-hybridized carbons (Fsp3) is 0.438. The van der Waals surface area contributed by atoms with E-state index in [1.165, 1.54) is 0 Å². The molecule has 0 amide bonds. The van der Waals surface area contributed by atoms with Crippen LogP contribution in [0.4, 0.5) is 0 Å². The van der Waals surface area contributed by atoms with Gasteiger partial charge in [-0.05, 0) is 24.8 Å². The fourth-order valence-electron chi connectivity index (χ4n) is 3.00. The van der Waals surface area contributed by atoms with E-state index in [9.17, 15) is 8.42 Å². The molecule has 0 bridgehead atoms. The van der Waals surface area contributed by atoms with Crippen LogP contribution in [0.15, 0.2) is 49.1 Å². The van der Waals surface area contributed by atoms with Crippen molar-refractivity contribution in [3.63, 3.8) is 0 Å². The lowest BCUT2D eigenvalue weighted by atomic mass is 10.2. The van der Waals surface area contributed by atoms with E-state index in [1.54, 1.807) is 16.8 Å². The quantitative estimate of drug-likeness (QED) is 0.817. The van der Waals surface area contributed by atoms with E-state index < -0.39 is 10.0 Å². The summed E-state index contributed by atoms with van der Waals surface area (Å²) in [5, 5.41) is 0. The topological polar surface area (TPSA) is 55.2 Å². The Morgan fingerprint density at radius 3 is 2.77 bits per heavy atom. The van der Waals surface area contributed by atoms with Crippen LogP contribution in [0.25, 0.3) is 0 Å². The number of benzene rings is 1. The lowest BCUT2D eigenvalue weighted by Gasteiger charge is -2.24. The summed E-state index contributed by atoms with van der Waals surface area (Å²) in [6, 6.07) is 9.83. The molecule has 1 aromatic heterocycles. The van der Waals surface area contributed by atoms with Crippen LogP contribution in [0, 0.1) is 0 Å². The van der Waals surface area contributed by atoms with E-state index >= 15 is 0 Å². The van der Waals surface area contributed by atoms with E-state index in [0.717, 1.165) is 18.4 Å². The second-order valence-corrected chi connectivity index (χ2v) is 7.76. The zero-order valence-electron chi connectivity index (χ0n) is 12.5. The Kier molecular flexibility index (Phi) is 4.59. The minimum Gasteiger partial charge on any atom is -0.336 e. The van der Waals surface area contributed by atoms with Crippen molar-refractivity contribution in [1.82, 2.24) is 13.9 Å². The third-order valence-electron chi connectivity index (χ3n) is 4.15. The molecule has 5 nitrogen and oxygen atoms in total. The summed E-state index contributed by atoms with van der Waals surface area (Å²) in [6.07, 6.45) is 7.77. The van der Waals surface area contributed by atoms with Crippen molar-refractivity contribution in [1.29, 1.82) is 0 Å². The Labute approximate surface area is 131 Å². The highest BCUT2D eigenvalue weighted by molar-refractivity contribution is 7.89. The molecule has 2 heterocycles. The van der Waals surface area contributed by atoms with E-state index in [0.29, 0.717) is 19.5 Å². The van der Waals surface area contributed by atoms with Crippen molar-refractivity contribution < 1.29 is 8.42 Å². The third-order valence-corrected chi connectivity index (χ3v) is 6.07. The van der Waals surface area contributed by atoms with Crippen LogP contribution in [0.5, 0.6) is 0 Å². The summed E-state index contributed by atoms with van der Waals surface area (Å²) in [6.45, 7) is 1.32. The normalized spacial score (nSPS) is 19.5. The van der Waals surface area contributed by atoms with Crippen molar-refractivity contribution in [3.8, 4) is 0 Å². The second kappa shape index (κ2) is 6.62. The highest BCUT2D eigenvalue weighted by Gasteiger charge is 2.33. The molecule has 22 heavy (non-hydrogen) atoms. The zero-order chi connectivity index (χ0) is 15.4. The van der Waals surface area contributed by atoms with Crippen LogP contribution in [-0.2, 0) is 23.0 Å². The van der Waals surface area contributed by atoms with Gasteiger partial charge < -0.3 is 4.57 Å². The minimum atomic E-state index is -3.21. The summed E-state index contributed by atoms with van der Waals surface area (Å²) in [5.74, 6) is 0.178. The summed E-state index contributed by atoms with van der Waals surface area (Å²) in [4.78, 5) is 4.02. The first kappa shape index (κ1) is 15.2. The highest BCUT2D eigenvalue weighted by Crippen LogP contribution is 2.23. The Bertz CT molecular complexity index is 683. The molecule has 0 saturated carbocycles. The van der Waals surface area contributed by atoms with Crippen LogP contribution < -0.4 is 0 Å². The van der Waals surface area contributed by atoms with E-state index in [2.05, 4.69) is 4.98 Å². The largest absolute Gasteiger partial charge is 0.336 e. The fourth-order valence-corrected chi connectivity index (χ4v) is 4.77. The number of hydrogen-bond donors (Lipinski definition) is 0. The standard InChI is InChI=1S/C16H21N3O2S/c20-22(21,12-8-15-5-2-1-3-6-15)19-10-4-7-16(19)13-18-11-9-17-14-18/h1-3,5-6,9,11,14,16H,4,7-8,10,12-13H2. The third kappa shape index (κ3) is 3.56. The Morgan fingerprint density at radius 2 is 2.05 bits per heavy atom. The van der Waals surface area contributed by atoms with Gasteiger partial charge in [0.05, 0.1) is 12.1 Å². The molecule has 1 saturated heterocycles. The predicted octanol–water partition coefficient (Wildman–Crippen LogP) is 1.92. The van der Waals surface area contributed by atoms with Crippen molar-refractivity contribution >= 4 is 10.0 Å². The maximum atomic E-state index is 12.6. The Morgan fingerprint density at radius 1 is 1.23 bits per heavy atom. The van der Waals surface area contributed by atoms with Crippen molar-refractivity contribution in [2.45, 2.75) is 31.8 Å². The first-order valence-electron chi connectivity index (χ1n) is 7.64. The van der Waals surface area contributed by atoms with Gasteiger partial charge in [0.1, 0.15) is 0 Å². The summed E-state index contributed by atoms with van der Waals surface area (Å²) >= 11 is 0. The van der Waals surface area contributed by atoms with Gasteiger partial charge in [0.15, 0.2) is 0 Å². The molecule has 1 atom stereocenters. The van der Waals surface area contributed by atoms with Crippen molar-refractivity contribution in [2.75, 3.05) is 12.3 Å². The smallest absolute Gasteiger partial charge is 0.214 e. The molecule has 1 unspecified atom stereocenters. The molecule has 118 valence electrons. The Balaban J connectivity index is 1.65. The first-order valence-corrected chi connectivity index (χ1v) is 9.25. The van der Waals surface area contributed by atoms with Crippen molar-refractivity contribution in [2.24, 2.45) is 0 Å². The number of hydrogen-bond acceptors (Lipinski definition) is 3. The van der Waals surface area contributed by atoms with E-state index in [1.807, 2.05) is 41.1 Å². The maximum absolute atomic E-state index is 12.6. The molecule has 1 aromatic carbocycles. The van der Waals surface area contributed by atoms with Crippen LogP contribution in [0.1, 0.15) is 18.4 Å². The van der Waals surface area contributed by atoms with Gasteiger partial charge >= 0.3 is 0 Å². The highest BCUT2D eigenvalue weighted by atomic mass is 32.2. The number of imidazole rings is 1. The summed E-state index contributed by atoms with van der Waals surface area (Å²) in [7, 11) is -3.21. The van der Waals surface area contributed by atoms with Crippen LogP contribution in [0.3, 0.4) is 0 Å². The predicted molar refractivity (Wildman–Crippen MR) is 85.9 cm³/mol. The van der Waals surface area contributed by atoms with Crippen LogP contribution >= 0.6 is 0 Å². The molecule has 1 fully saturated rings. The summed E-state index contributed by atoms with van der Waals surface area (Å²) < 4.78 is 28.9. The molecule has 3 rings (SSSR count). The summed E-state index contributed by atoms with van der Waals surface area (Å²) in [5.41, 5.74) is 1.07. The molecule has 0 spiro atoms. The van der Waals surface area contributed by atoms with Gasteiger partial charge in [-0.1, -0.05) is 30.3 Å². The van der Waals surface area contributed by atoms with Gasteiger partial charge in [0, 0.05) is 31.5 Å². The number of aryl methyl sites for hydroxylation is 1. The maximum Gasteiger partial charge on any atom is 0.214 e. The van der Waals surface area contributed by atoms with Gasteiger partial charge in [0.2, 0.25) is 10.0 Å². The lowest BCUT2D eigenvalue weighted by Crippen LogP contribution is -2.39. The van der Waals surface area contributed by atoms with Crippen LogP contribution in [0.2, 0.25) is 0 Å². The first-order chi connectivity index (χ1) is 10.6. The average molecular weight is 319 g/mol. The van der Waals surface area contributed by atoms with Crippen molar-refractivity contribution in [3.05, 3.63) is 54.6 Å². The SMILES string of the molecule is O=S(=O)(CCc1ccccc1)N1CCCC1Cn1ccnc1. The second-order valence-electron chi connectivity index (χ2n) is 5.72. The zero-order valence-corrected chi connectivity index (χ0v) is 13.3.